The highest BCUT2D eigenvalue weighted by Crippen LogP contribution is 2.37. The van der Waals surface area contributed by atoms with Crippen molar-refractivity contribution in [1.82, 2.24) is 5.32 Å². The number of hydrogen-bond donors (Lipinski definition) is 2. The van der Waals surface area contributed by atoms with Gasteiger partial charge in [0.2, 0.25) is 0 Å². The predicted octanol–water partition coefficient (Wildman–Crippen LogP) is 2.24. The summed E-state index contributed by atoms with van der Waals surface area (Å²) < 4.78 is 5.46. The van der Waals surface area contributed by atoms with Gasteiger partial charge in [-0.2, -0.15) is 0 Å². The lowest BCUT2D eigenvalue weighted by atomic mass is 10.0. The molecule has 4 heteroatoms. The number of unbranched alkanes of at least 4 members (excludes halogenated alkanes) is 2. The molecule has 0 radical (unpaired) electrons. The number of ether oxygens (including phenoxy) is 1. The van der Waals surface area contributed by atoms with Crippen LogP contribution in [0.3, 0.4) is 0 Å². The highest BCUT2D eigenvalue weighted by molar-refractivity contribution is 5.82. The molecule has 1 aliphatic heterocycles. The molecule has 0 atom stereocenters. The van der Waals surface area contributed by atoms with Crippen LogP contribution in [0.1, 0.15) is 24.8 Å². The Balaban J connectivity index is 2.06. The summed E-state index contributed by atoms with van der Waals surface area (Å²) in [5.41, 5.74) is 3.52. The molecule has 0 aliphatic carbocycles. The van der Waals surface area contributed by atoms with Crippen molar-refractivity contribution in [2.45, 2.75) is 19.3 Å². The van der Waals surface area contributed by atoms with Gasteiger partial charge in [0.1, 0.15) is 5.75 Å². The zero-order valence-electron chi connectivity index (χ0n) is 12.4. The molecule has 0 unspecified atom stereocenters. The Kier molecular flexibility index (Phi) is 5.30. The number of aliphatic hydroxyl groups excluding tert-OH is 1. The molecule has 0 amide bonds. The molecule has 110 valence electrons. The molecule has 4 nitrogen and oxygen atoms in total. The van der Waals surface area contributed by atoms with Crippen molar-refractivity contribution < 1.29 is 9.84 Å². The Morgan fingerprint density at radius 1 is 1.30 bits per heavy atom. The third-order valence-corrected chi connectivity index (χ3v) is 3.61. The molecule has 2 N–H and O–H groups in total. The van der Waals surface area contributed by atoms with Crippen molar-refractivity contribution in [2.75, 3.05) is 38.8 Å². The van der Waals surface area contributed by atoms with Gasteiger partial charge >= 0.3 is 0 Å². The van der Waals surface area contributed by atoms with Gasteiger partial charge < -0.3 is 20.1 Å². The molecule has 0 spiro atoms. The van der Waals surface area contributed by atoms with Gasteiger partial charge in [-0.15, -0.1) is 0 Å². The van der Waals surface area contributed by atoms with Gasteiger partial charge in [-0.3, -0.25) is 0 Å². The van der Waals surface area contributed by atoms with Crippen LogP contribution >= 0.6 is 0 Å². The smallest absolute Gasteiger partial charge is 0.142 e. The molecule has 2 rings (SSSR count). The van der Waals surface area contributed by atoms with Crippen molar-refractivity contribution in [3.05, 3.63) is 29.8 Å². The van der Waals surface area contributed by atoms with Gasteiger partial charge in [-0.05, 0) is 31.4 Å². The van der Waals surface area contributed by atoms with E-state index < -0.39 is 0 Å². The second kappa shape index (κ2) is 7.20. The van der Waals surface area contributed by atoms with Crippen molar-refractivity contribution in [3.63, 3.8) is 0 Å². The SMILES string of the molecule is COc1cccc2c1N(C)CC=C2NCCCCCO. The van der Waals surface area contributed by atoms with Gasteiger partial charge in [-0.1, -0.05) is 12.1 Å². The molecule has 0 bridgehead atoms. The van der Waals surface area contributed by atoms with Crippen molar-refractivity contribution in [1.29, 1.82) is 0 Å². The van der Waals surface area contributed by atoms with Crippen LogP contribution in [0.2, 0.25) is 0 Å². The standard InChI is InChI=1S/C16H24N2O2/c1-18-11-9-14(17-10-4-3-5-12-19)13-7-6-8-15(20-2)16(13)18/h6-9,17,19H,3-5,10-12H2,1-2H3. The molecule has 0 aromatic heterocycles. The highest BCUT2D eigenvalue weighted by Gasteiger charge is 2.19. The van der Waals surface area contributed by atoms with Crippen LogP contribution in [-0.2, 0) is 0 Å². The molecule has 1 heterocycles. The number of anilines is 1. The summed E-state index contributed by atoms with van der Waals surface area (Å²) in [4.78, 5) is 2.20. The highest BCUT2D eigenvalue weighted by atomic mass is 16.5. The fourth-order valence-corrected chi connectivity index (χ4v) is 2.53. The van der Waals surface area contributed by atoms with Crippen molar-refractivity contribution in [3.8, 4) is 5.75 Å². The van der Waals surface area contributed by atoms with Crippen LogP contribution in [0.25, 0.3) is 5.70 Å². The zero-order valence-corrected chi connectivity index (χ0v) is 12.4. The van der Waals surface area contributed by atoms with Crippen LogP contribution in [0, 0.1) is 0 Å². The quantitative estimate of drug-likeness (QED) is 0.750. The predicted molar refractivity (Wildman–Crippen MR) is 83.2 cm³/mol. The Bertz CT molecular complexity index is 472. The molecule has 1 aliphatic rings. The van der Waals surface area contributed by atoms with Crippen molar-refractivity contribution >= 4 is 11.4 Å². The lowest BCUT2D eigenvalue weighted by Gasteiger charge is -2.29. The third-order valence-electron chi connectivity index (χ3n) is 3.61. The number of fused-ring (bicyclic) bond motifs is 1. The average Bonchev–Trinajstić information content (AvgIpc) is 2.48. The fraction of sp³-hybridized carbons (Fsp3) is 0.500. The minimum absolute atomic E-state index is 0.285. The minimum atomic E-state index is 0.285. The number of nitrogens with zero attached hydrogens (tertiary/aromatic N) is 1. The van der Waals surface area contributed by atoms with Crippen LogP contribution in [0.5, 0.6) is 5.75 Å². The number of benzene rings is 1. The number of methoxy groups -OCH3 is 1. The number of rotatable bonds is 7. The maximum absolute atomic E-state index is 8.78. The van der Waals surface area contributed by atoms with E-state index >= 15 is 0 Å². The van der Waals surface area contributed by atoms with Crippen LogP contribution < -0.4 is 15.0 Å². The minimum Gasteiger partial charge on any atom is -0.495 e. The molecule has 0 fully saturated rings. The maximum Gasteiger partial charge on any atom is 0.142 e. The molecule has 0 saturated heterocycles. The molecular formula is C16H24N2O2. The van der Waals surface area contributed by atoms with E-state index in [2.05, 4.69) is 29.4 Å². The molecule has 1 aromatic carbocycles. The lowest BCUT2D eigenvalue weighted by molar-refractivity contribution is 0.283. The molecule has 1 aromatic rings. The fourth-order valence-electron chi connectivity index (χ4n) is 2.53. The second-order valence-corrected chi connectivity index (χ2v) is 5.07. The molecular weight excluding hydrogens is 252 g/mol. The summed E-state index contributed by atoms with van der Waals surface area (Å²) in [6.07, 6.45) is 5.23. The first-order valence-electron chi connectivity index (χ1n) is 7.21. The van der Waals surface area contributed by atoms with Crippen LogP contribution in [0.4, 0.5) is 5.69 Å². The number of nitrogens with one attached hydrogen (secondary N) is 1. The summed E-state index contributed by atoms with van der Waals surface area (Å²) in [5, 5.41) is 12.3. The molecule has 20 heavy (non-hydrogen) atoms. The number of para-hydroxylation sites is 1. The van der Waals surface area contributed by atoms with E-state index in [0.29, 0.717) is 0 Å². The van der Waals surface area contributed by atoms with Gasteiger partial charge in [0.05, 0.1) is 12.8 Å². The number of hydrogen-bond acceptors (Lipinski definition) is 4. The summed E-state index contributed by atoms with van der Waals surface area (Å²) in [6.45, 7) is 2.10. The van der Waals surface area contributed by atoms with E-state index in [9.17, 15) is 0 Å². The van der Waals surface area contributed by atoms with Gasteiger partial charge in [0, 0.05) is 38.0 Å². The topological polar surface area (TPSA) is 44.7 Å². The lowest BCUT2D eigenvalue weighted by Crippen LogP contribution is -2.27. The third kappa shape index (κ3) is 3.25. The Morgan fingerprint density at radius 2 is 2.15 bits per heavy atom. The van der Waals surface area contributed by atoms with Crippen LogP contribution in [-0.4, -0.2) is 39.0 Å². The zero-order chi connectivity index (χ0) is 14.4. The van der Waals surface area contributed by atoms with Gasteiger partial charge in [0.25, 0.3) is 0 Å². The Labute approximate surface area is 121 Å². The average molecular weight is 276 g/mol. The summed E-state index contributed by atoms with van der Waals surface area (Å²) in [5.74, 6) is 0.915. The Morgan fingerprint density at radius 3 is 2.90 bits per heavy atom. The molecule has 0 saturated carbocycles. The Hall–Kier alpha value is -1.68. The largest absolute Gasteiger partial charge is 0.495 e. The van der Waals surface area contributed by atoms with E-state index in [4.69, 9.17) is 9.84 Å². The van der Waals surface area contributed by atoms with E-state index in [-0.39, 0.29) is 6.61 Å². The first-order valence-corrected chi connectivity index (χ1v) is 7.21. The van der Waals surface area contributed by atoms with E-state index in [0.717, 1.165) is 43.8 Å². The van der Waals surface area contributed by atoms with Gasteiger partial charge in [0.15, 0.2) is 0 Å². The van der Waals surface area contributed by atoms with E-state index in [1.165, 1.54) is 11.3 Å². The van der Waals surface area contributed by atoms with Crippen LogP contribution in [0.15, 0.2) is 24.3 Å². The second-order valence-electron chi connectivity index (χ2n) is 5.07. The first-order chi connectivity index (χ1) is 9.77. The van der Waals surface area contributed by atoms with Crippen molar-refractivity contribution in [2.24, 2.45) is 0 Å². The van der Waals surface area contributed by atoms with Gasteiger partial charge in [-0.25, -0.2) is 0 Å². The summed E-state index contributed by atoms with van der Waals surface area (Å²) in [7, 11) is 3.79. The summed E-state index contributed by atoms with van der Waals surface area (Å²) >= 11 is 0. The normalized spacial score (nSPS) is 13.8. The van der Waals surface area contributed by atoms with E-state index in [1.54, 1.807) is 7.11 Å². The van der Waals surface area contributed by atoms with E-state index in [1.807, 2.05) is 12.1 Å². The number of aliphatic hydroxyl groups is 1. The summed E-state index contributed by atoms with van der Waals surface area (Å²) in [6, 6.07) is 6.15. The first kappa shape index (κ1) is 14.7. The number of likely N-dealkylation sites (N-methyl/N-ethyl adjacent to an activating group) is 1. The monoisotopic (exact) mass is 276 g/mol. The maximum atomic E-state index is 8.78.